The molecule has 0 spiro atoms. The van der Waals surface area contributed by atoms with E-state index in [0.29, 0.717) is 6.54 Å². The first-order valence-electron chi connectivity index (χ1n) is 5.94. The first kappa shape index (κ1) is 13.7. The van der Waals surface area contributed by atoms with Gasteiger partial charge in [0.15, 0.2) is 0 Å². The van der Waals surface area contributed by atoms with Gasteiger partial charge in [0.25, 0.3) is 5.91 Å². The first-order chi connectivity index (χ1) is 7.94. The molecule has 94 valence electrons. The number of hydrogen-bond acceptors (Lipinski definition) is 2. The molecule has 0 fully saturated rings. The summed E-state index contributed by atoms with van der Waals surface area (Å²) in [6.07, 6.45) is 0. The minimum atomic E-state index is -0.00196. The molecule has 0 unspecified atom stereocenters. The lowest BCUT2D eigenvalue weighted by atomic mass is 9.93. The summed E-state index contributed by atoms with van der Waals surface area (Å²) in [7, 11) is 1.92. The second-order valence-corrected chi connectivity index (χ2v) is 5.25. The molecule has 17 heavy (non-hydrogen) atoms. The molecule has 0 bridgehead atoms. The minimum absolute atomic E-state index is 0.00196. The predicted molar refractivity (Wildman–Crippen MR) is 71.2 cm³/mol. The minimum Gasteiger partial charge on any atom is -0.351 e. The van der Waals surface area contributed by atoms with Crippen molar-refractivity contribution in [3.63, 3.8) is 0 Å². The van der Waals surface area contributed by atoms with Gasteiger partial charge in [-0.2, -0.15) is 0 Å². The Hall–Kier alpha value is -1.35. The fraction of sp³-hybridized carbons (Fsp3) is 0.500. The molecule has 0 aliphatic carbocycles. The molecule has 0 aliphatic heterocycles. The monoisotopic (exact) mass is 234 g/mol. The number of carbonyl (C=O) groups is 1. The molecule has 1 aromatic rings. The molecule has 0 radical (unpaired) electrons. The van der Waals surface area contributed by atoms with E-state index in [9.17, 15) is 4.79 Å². The van der Waals surface area contributed by atoms with E-state index >= 15 is 0 Å². The highest BCUT2D eigenvalue weighted by Gasteiger charge is 2.18. The summed E-state index contributed by atoms with van der Waals surface area (Å²) < 4.78 is 0. The molecule has 0 heterocycles. The second-order valence-electron chi connectivity index (χ2n) is 5.25. The number of rotatable bonds is 5. The van der Waals surface area contributed by atoms with Crippen LogP contribution in [-0.2, 0) is 0 Å². The zero-order chi connectivity index (χ0) is 12.9. The molecule has 0 saturated heterocycles. The van der Waals surface area contributed by atoms with Crippen LogP contribution in [0.5, 0.6) is 0 Å². The molecule has 1 aromatic carbocycles. The van der Waals surface area contributed by atoms with E-state index in [1.54, 1.807) is 0 Å². The van der Waals surface area contributed by atoms with Crippen molar-refractivity contribution >= 4 is 5.91 Å². The van der Waals surface area contributed by atoms with E-state index in [1.807, 2.05) is 38.2 Å². The molecule has 0 atom stereocenters. The number of benzene rings is 1. The molecule has 3 heteroatoms. The molecule has 0 aliphatic rings. The van der Waals surface area contributed by atoms with Gasteiger partial charge in [0, 0.05) is 18.7 Å². The van der Waals surface area contributed by atoms with Crippen molar-refractivity contribution in [2.24, 2.45) is 5.41 Å². The van der Waals surface area contributed by atoms with Crippen molar-refractivity contribution < 1.29 is 4.79 Å². The molecule has 2 N–H and O–H groups in total. The Morgan fingerprint density at radius 1 is 1.29 bits per heavy atom. The fourth-order valence-electron chi connectivity index (χ4n) is 1.75. The Labute approximate surface area is 104 Å². The molecule has 0 aromatic heterocycles. The fourth-order valence-corrected chi connectivity index (χ4v) is 1.75. The second kappa shape index (κ2) is 5.82. The molecular weight excluding hydrogens is 212 g/mol. The highest BCUT2D eigenvalue weighted by Crippen LogP contribution is 2.12. The van der Waals surface area contributed by atoms with Gasteiger partial charge in [-0.15, -0.1) is 0 Å². The van der Waals surface area contributed by atoms with Gasteiger partial charge >= 0.3 is 0 Å². The van der Waals surface area contributed by atoms with Crippen LogP contribution >= 0.6 is 0 Å². The lowest BCUT2D eigenvalue weighted by Crippen LogP contribution is -2.39. The number of aryl methyl sites for hydroxylation is 1. The summed E-state index contributed by atoms with van der Waals surface area (Å²) in [4.78, 5) is 11.9. The smallest absolute Gasteiger partial charge is 0.251 e. The van der Waals surface area contributed by atoms with Gasteiger partial charge in [-0.1, -0.05) is 31.5 Å². The van der Waals surface area contributed by atoms with Crippen molar-refractivity contribution in [1.29, 1.82) is 0 Å². The summed E-state index contributed by atoms with van der Waals surface area (Å²) in [5.74, 6) is -0.00196. The quantitative estimate of drug-likeness (QED) is 0.818. The number of nitrogens with one attached hydrogen (secondary N) is 2. The molecule has 3 nitrogen and oxygen atoms in total. The van der Waals surface area contributed by atoms with E-state index in [-0.39, 0.29) is 11.3 Å². The van der Waals surface area contributed by atoms with Crippen LogP contribution in [0.25, 0.3) is 0 Å². The Kier molecular flexibility index (Phi) is 4.70. The van der Waals surface area contributed by atoms with Gasteiger partial charge in [0.2, 0.25) is 0 Å². The molecule has 0 saturated carbocycles. The van der Waals surface area contributed by atoms with Crippen molar-refractivity contribution in [2.75, 3.05) is 20.1 Å². The number of amides is 1. The number of carbonyl (C=O) groups excluding carboxylic acids is 1. The average Bonchev–Trinajstić information content (AvgIpc) is 2.26. The van der Waals surface area contributed by atoms with E-state index in [4.69, 9.17) is 0 Å². The number of hydrogen-bond donors (Lipinski definition) is 2. The van der Waals surface area contributed by atoms with E-state index in [0.717, 1.165) is 17.7 Å². The van der Waals surface area contributed by atoms with Gasteiger partial charge in [0.05, 0.1) is 0 Å². The van der Waals surface area contributed by atoms with Gasteiger partial charge in [-0.3, -0.25) is 4.79 Å². The van der Waals surface area contributed by atoms with Crippen LogP contribution in [0, 0.1) is 12.3 Å². The van der Waals surface area contributed by atoms with Crippen molar-refractivity contribution in [3.8, 4) is 0 Å². The summed E-state index contributed by atoms with van der Waals surface area (Å²) in [6.45, 7) is 7.78. The first-order valence-corrected chi connectivity index (χ1v) is 5.94. The lowest BCUT2D eigenvalue weighted by molar-refractivity contribution is 0.0936. The standard InChI is InChI=1S/C14H22N2O/c1-11-6-5-7-12(8-11)13(17)16-10-14(2,3)9-15-4/h5-8,15H,9-10H2,1-4H3,(H,16,17). The maximum atomic E-state index is 11.9. The maximum absolute atomic E-state index is 11.9. The van der Waals surface area contributed by atoms with Gasteiger partial charge in [0.1, 0.15) is 0 Å². The van der Waals surface area contributed by atoms with E-state index < -0.39 is 0 Å². The normalized spacial score (nSPS) is 11.3. The Bertz CT molecular complexity index is 386. The van der Waals surface area contributed by atoms with Gasteiger partial charge in [-0.25, -0.2) is 0 Å². The third-order valence-electron chi connectivity index (χ3n) is 2.66. The van der Waals surface area contributed by atoms with Crippen LogP contribution < -0.4 is 10.6 Å². The zero-order valence-corrected chi connectivity index (χ0v) is 11.1. The molecule has 1 amide bonds. The van der Waals surface area contributed by atoms with Crippen LogP contribution in [0.2, 0.25) is 0 Å². The van der Waals surface area contributed by atoms with Crippen LogP contribution in [0.1, 0.15) is 29.8 Å². The Balaban J connectivity index is 2.56. The Morgan fingerprint density at radius 3 is 2.59 bits per heavy atom. The SMILES string of the molecule is CNCC(C)(C)CNC(=O)c1cccc(C)c1. The topological polar surface area (TPSA) is 41.1 Å². The highest BCUT2D eigenvalue weighted by atomic mass is 16.1. The van der Waals surface area contributed by atoms with Crippen molar-refractivity contribution in [1.82, 2.24) is 10.6 Å². The van der Waals surface area contributed by atoms with Crippen LogP contribution in [-0.4, -0.2) is 26.0 Å². The lowest BCUT2D eigenvalue weighted by Gasteiger charge is -2.24. The molecule has 1 rings (SSSR count). The maximum Gasteiger partial charge on any atom is 0.251 e. The van der Waals surface area contributed by atoms with Crippen LogP contribution in [0.4, 0.5) is 0 Å². The average molecular weight is 234 g/mol. The highest BCUT2D eigenvalue weighted by molar-refractivity contribution is 5.94. The summed E-state index contributed by atoms with van der Waals surface area (Å²) >= 11 is 0. The van der Waals surface area contributed by atoms with Gasteiger partial charge in [-0.05, 0) is 31.5 Å². The summed E-state index contributed by atoms with van der Waals surface area (Å²) in [6, 6.07) is 7.64. The van der Waals surface area contributed by atoms with Crippen LogP contribution in [0.3, 0.4) is 0 Å². The largest absolute Gasteiger partial charge is 0.351 e. The summed E-state index contributed by atoms with van der Waals surface area (Å²) in [5.41, 5.74) is 1.89. The molecular formula is C14H22N2O. The zero-order valence-electron chi connectivity index (χ0n) is 11.1. The Morgan fingerprint density at radius 2 is 2.00 bits per heavy atom. The van der Waals surface area contributed by atoms with E-state index in [1.165, 1.54) is 0 Å². The predicted octanol–water partition coefficient (Wildman–Crippen LogP) is 1.97. The third-order valence-corrected chi connectivity index (χ3v) is 2.66. The summed E-state index contributed by atoms with van der Waals surface area (Å²) in [5, 5.41) is 6.10. The third kappa shape index (κ3) is 4.57. The van der Waals surface area contributed by atoms with Crippen LogP contribution in [0.15, 0.2) is 24.3 Å². The van der Waals surface area contributed by atoms with Gasteiger partial charge < -0.3 is 10.6 Å². The van der Waals surface area contributed by atoms with E-state index in [2.05, 4.69) is 24.5 Å². The van der Waals surface area contributed by atoms with Crippen molar-refractivity contribution in [3.05, 3.63) is 35.4 Å². The van der Waals surface area contributed by atoms with Crippen molar-refractivity contribution in [2.45, 2.75) is 20.8 Å².